The molecule has 2 fully saturated rings. The zero-order valence-corrected chi connectivity index (χ0v) is 12.2. The van der Waals surface area contributed by atoms with Crippen molar-refractivity contribution in [1.29, 1.82) is 5.26 Å². The third-order valence-electron chi connectivity index (χ3n) is 5.16. The first kappa shape index (κ1) is 14.9. The van der Waals surface area contributed by atoms with Gasteiger partial charge in [0.2, 0.25) is 11.8 Å². The Labute approximate surface area is 135 Å². The molecule has 2 aliphatic carbocycles. The lowest BCUT2D eigenvalue weighted by molar-refractivity contribution is -0.138. The van der Waals surface area contributed by atoms with Crippen molar-refractivity contribution in [3.8, 4) is 6.07 Å². The fourth-order valence-corrected chi connectivity index (χ4v) is 4.16. The van der Waals surface area contributed by atoms with Crippen molar-refractivity contribution in [3.63, 3.8) is 0 Å². The standard InChI is InChI=1S/C17H11F3N2O2/c18-17(19,20)12-6-11(4-3-10(12)7-21)22-15(23)13-8-1-2-9(5-8)14(13)16(22)24/h1-4,6,8-9,13-14H,5H2. The lowest BCUT2D eigenvalue weighted by Crippen LogP contribution is -2.33. The molecular formula is C17H11F3N2O2. The summed E-state index contributed by atoms with van der Waals surface area (Å²) >= 11 is 0. The van der Waals surface area contributed by atoms with E-state index in [1.54, 1.807) is 0 Å². The smallest absolute Gasteiger partial charge is 0.274 e. The van der Waals surface area contributed by atoms with Gasteiger partial charge in [-0.15, -0.1) is 0 Å². The van der Waals surface area contributed by atoms with Crippen molar-refractivity contribution in [1.82, 2.24) is 0 Å². The van der Waals surface area contributed by atoms with Gasteiger partial charge in [-0.1, -0.05) is 12.2 Å². The second-order valence-electron chi connectivity index (χ2n) is 6.35. The number of carbonyl (C=O) groups excluding carboxylic acids is 2. The summed E-state index contributed by atoms with van der Waals surface area (Å²) in [4.78, 5) is 26.1. The molecule has 1 aromatic rings. The highest BCUT2D eigenvalue weighted by atomic mass is 19.4. The number of anilines is 1. The molecule has 1 saturated heterocycles. The molecule has 4 nitrogen and oxygen atoms in total. The Hall–Kier alpha value is -2.62. The molecule has 0 spiro atoms. The zero-order valence-electron chi connectivity index (χ0n) is 12.2. The highest BCUT2D eigenvalue weighted by Crippen LogP contribution is 2.53. The minimum atomic E-state index is -4.73. The van der Waals surface area contributed by atoms with Gasteiger partial charge < -0.3 is 0 Å². The maximum atomic E-state index is 13.1. The molecule has 1 aromatic carbocycles. The van der Waals surface area contributed by atoms with Gasteiger partial charge in [0.05, 0.1) is 34.7 Å². The Bertz CT molecular complexity index is 807. The SMILES string of the molecule is N#Cc1ccc(N2C(=O)C3C4C=CC(C4)C3C2=O)cc1C(F)(F)F. The number of halogens is 3. The average molecular weight is 332 g/mol. The van der Waals surface area contributed by atoms with Gasteiger partial charge in [-0.3, -0.25) is 14.5 Å². The fourth-order valence-electron chi connectivity index (χ4n) is 4.16. The normalized spacial score (nSPS) is 30.8. The molecule has 4 unspecified atom stereocenters. The second kappa shape index (κ2) is 4.69. The van der Waals surface area contributed by atoms with Gasteiger partial charge in [0.1, 0.15) is 0 Å². The van der Waals surface area contributed by atoms with E-state index in [2.05, 4.69) is 0 Å². The molecule has 0 aromatic heterocycles. The molecule has 4 atom stereocenters. The van der Waals surface area contributed by atoms with E-state index in [1.165, 1.54) is 12.1 Å². The molecule has 7 heteroatoms. The van der Waals surface area contributed by atoms with Crippen molar-refractivity contribution >= 4 is 17.5 Å². The Morgan fingerprint density at radius 1 is 1.08 bits per heavy atom. The molecular weight excluding hydrogens is 321 g/mol. The van der Waals surface area contributed by atoms with Gasteiger partial charge in [0.15, 0.2) is 0 Å². The maximum absolute atomic E-state index is 13.1. The van der Waals surface area contributed by atoms with E-state index in [4.69, 9.17) is 5.26 Å². The zero-order chi connectivity index (χ0) is 17.2. The van der Waals surface area contributed by atoms with E-state index >= 15 is 0 Å². The van der Waals surface area contributed by atoms with Crippen LogP contribution in [0.4, 0.5) is 18.9 Å². The number of hydrogen-bond acceptors (Lipinski definition) is 3. The summed E-state index contributed by atoms with van der Waals surface area (Å²) in [6, 6.07) is 4.42. The number of nitriles is 1. The first-order valence-electron chi connectivity index (χ1n) is 7.50. The summed E-state index contributed by atoms with van der Waals surface area (Å²) in [7, 11) is 0. The predicted octanol–water partition coefficient (Wildman–Crippen LogP) is 2.89. The number of amides is 2. The molecule has 2 amide bonds. The summed E-state index contributed by atoms with van der Waals surface area (Å²) in [5, 5.41) is 8.85. The van der Waals surface area contributed by atoms with Crippen LogP contribution >= 0.6 is 0 Å². The number of imide groups is 1. The topological polar surface area (TPSA) is 61.2 Å². The third-order valence-corrected chi connectivity index (χ3v) is 5.16. The van der Waals surface area contributed by atoms with Crippen LogP contribution in [0, 0.1) is 35.0 Å². The van der Waals surface area contributed by atoms with E-state index in [1.807, 2.05) is 12.2 Å². The molecule has 0 N–H and O–H groups in total. The Morgan fingerprint density at radius 3 is 2.17 bits per heavy atom. The largest absolute Gasteiger partial charge is 0.417 e. The number of hydrogen-bond donors (Lipinski definition) is 0. The molecule has 0 radical (unpaired) electrons. The minimum Gasteiger partial charge on any atom is -0.274 e. The number of carbonyl (C=O) groups is 2. The monoisotopic (exact) mass is 332 g/mol. The summed E-state index contributed by atoms with van der Waals surface area (Å²) in [5.74, 6) is -1.86. The molecule has 122 valence electrons. The molecule has 4 rings (SSSR count). The quantitative estimate of drug-likeness (QED) is 0.587. The van der Waals surface area contributed by atoms with E-state index in [0.717, 1.165) is 17.4 Å². The molecule has 1 saturated carbocycles. The van der Waals surface area contributed by atoms with Gasteiger partial charge in [0, 0.05) is 0 Å². The number of allylic oxidation sites excluding steroid dienone is 2. The Balaban J connectivity index is 1.77. The first-order chi connectivity index (χ1) is 11.3. The maximum Gasteiger partial charge on any atom is 0.417 e. The molecule has 24 heavy (non-hydrogen) atoms. The van der Waals surface area contributed by atoms with Gasteiger partial charge in [-0.2, -0.15) is 18.4 Å². The van der Waals surface area contributed by atoms with Crippen LogP contribution in [0.5, 0.6) is 0 Å². The number of nitrogens with zero attached hydrogens (tertiary/aromatic N) is 2. The van der Waals surface area contributed by atoms with E-state index in [0.29, 0.717) is 6.07 Å². The van der Waals surface area contributed by atoms with E-state index in [9.17, 15) is 22.8 Å². The number of benzene rings is 1. The summed E-state index contributed by atoms with van der Waals surface area (Å²) in [5.41, 5.74) is -1.79. The van der Waals surface area contributed by atoms with Crippen LogP contribution in [-0.2, 0) is 15.8 Å². The van der Waals surface area contributed by atoms with Crippen molar-refractivity contribution < 1.29 is 22.8 Å². The summed E-state index contributed by atoms with van der Waals surface area (Å²) in [6.07, 6.45) is -0.147. The highest BCUT2D eigenvalue weighted by molar-refractivity contribution is 6.22. The van der Waals surface area contributed by atoms with E-state index in [-0.39, 0.29) is 17.5 Å². The Morgan fingerprint density at radius 2 is 1.67 bits per heavy atom. The van der Waals surface area contributed by atoms with Crippen LogP contribution in [0.25, 0.3) is 0 Å². The minimum absolute atomic E-state index is 0.0121. The van der Waals surface area contributed by atoms with Gasteiger partial charge in [0.25, 0.3) is 0 Å². The van der Waals surface area contributed by atoms with Gasteiger partial charge in [-0.25, -0.2) is 0 Å². The lowest BCUT2D eigenvalue weighted by Gasteiger charge is -2.19. The first-order valence-corrected chi connectivity index (χ1v) is 7.50. The molecule has 1 heterocycles. The fraction of sp³-hybridized carbons (Fsp3) is 0.353. The van der Waals surface area contributed by atoms with Crippen LogP contribution in [-0.4, -0.2) is 11.8 Å². The van der Waals surface area contributed by atoms with Crippen molar-refractivity contribution in [2.24, 2.45) is 23.7 Å². The van der Waals surface area contributed by atoms with Crippen molar-refractivity contribution in [2.45, 2.75) is 12.6 Å². The van der Waals surface area contributed by atoms with Crippen LogP contribution in [0.3, 0.4) is 0 Å². The second-order valence-corrected chi connectivity index (χ2v) is 6.35. The molecule has 1 aliphatic heterocycles. The van der Waals surface area contributed by atoms with Crippen LogP contribution in [0.2, 0.25) is 0 Å². The highest BCUT2D eigenvalue weighted by Gasteiger charge is 2.59. The van der Waals surface area contributed by atoms with Crippen LogP contribution < -0.4 is 4.90 Å². The summed E-state index contributed by atoms with van der Waals surface area (Å²) < 4.78 is 39.3. The summed E-state index contributed by atoms with van der Waals surface area (Å²) in [6.45, 7) is 0. The predicted molar refractivity (Wildman–Crippen MR) is 76.4 cm³/mol. The Kier molecular flexibility index (Phi) is 2.92. The van der Waals surface area contributed by atoms with Gasteiger partial charge in [-0.05, 0) is 36.5 Å². The van der Waals surface area contributed by atoms with Crippen molar-refractivity contribution in [2.75, 3.05) is 4.90 Å². The van der Waals surface area contributed by atoms with Crippen LogP contribution in [0.1, 0.15) is 17.5 Å². The third kappa shape index (κ3) is 1.86. The average Bonchev–Trinajstić information content (AvgIpc) is 3.20. The van der Waals surface area contributed by atoms with Crippen molar-refractivity contribution in [3.05, 3.63) is 41.5 Å². The number of alkyl halides is 3. The molecule has 2 bridgehead atoms. The number of rotatable bonds is 1. The molecule has 3 aliphatic rings. The van der Waals surface area contributed by atoms with E-state index < -0.39 is 41.0 Å². The lowest BCUT2D eigenvalue weighted by atomic mass is 9.85. The van der Waals surface area contributed by atoms with Crippen LogP contribution in [0.15, 0.2) is 30.4 Å². The number of fused-ring (bicyclic) bond motifs is 5. The van der Waals surface area contributed by atoms with Gasteiger partial charge >= 0.3 is 6.18 Å².